The lowest BCUT2D eigenvalue weighted by Crippen LogP contribution is -2.40. The van der Waals surface area contributed by atoms with Gasteiger partial charge in [0.05, 0.1) is 18.2 Å². The Balaban J connectivity index is 1.91. The van der Waals surface area contributed by atoms with Crippen LogP contribution in [0.3, 0.4) is 0 Å². The van der Waals surface area contributed by atoms with E-state index in [-0.39, 0.29) is 9.79 Å². The molecule has 1 saturated heterocycles. The number of benzene rings is 1. The summed E-state index contributed by atoms with van der Waals surface area (Å²) in [6, 6.07) is 8.30. The first-order valence-electron chi connectivity index (χ1n) is 12.7. The van der Waals surface area contributed by atoms with Gasteiger partial charge in [0.25, 0.3) is 0 Å². The first kappa shape index (κ1) is 29.8. The van der Waals surface area contributed by atoms with Crippen LogP contribution in [-0.2, 0) is 28.9 Å². The molecule has 1 atom stereocenters. The second kappa shape index (κ2) is 12.0. The van der Waals surface area contributed by atoms with Gasteiger partial charge in [-0.3, -0.25) is 0 Å². The average molecular weight is 568 g/mol. The Morgan fingerprint density at radius 2 is 1.81 bits per heavy atom. The van der Waals surface area contributed by atoms with Crippen molar-refractivity contribution >= 4 is 48.7 Å². The van der Waals surface area contributed by atoms with Crippen molar-refractivity contribution in [2.24, 2.45) is 0 Å². The standard InChI is InChI=1S/C27H42ClN3O2S2Si/c1-26(2,3)35(32)30-18-21-16-22(31-14-9-10-15-31)17-23(28)24(21)34-25-20(12-11-13-29-25)19-33-36(7,8)27(4,5)6/h11-13,16-17,30H,9-10,14-15,18-19H2,1-8H3. The summed E-state index contributed by atoms with van der Waals surface area (Å²) in [6.45, 7) is 20.3. The van der Waals surface area contributed by atoms with Crippen LogP contribution < -0.4 is 9.62 Å². The van der Waals surface area contributed by atoms with Crippen LogP contribution in [0.5, 0.6) is 0 Å². The molecule has 2 heterocycles. The SMILES string of the molecule is CC(C)(C)[S+]([O-])NCc1cc(N2CCCC2)cc(Cl)c1Sc1ncccc1CO[Si](C)(C)C(C)(C)C. The summed E-state index contributed by atoms with van der Waals surface area (Å²) in [4.78, 5) is 8.03. The van der Waals surface area contributed by atoms with Gasteiger partial charge >= 0.3 is 0 Å². The monoisotopic (exact) mass is 567 g/mol. The van der Waals surface area contributed by atoms with E-state index in [4.69, 9.17) is 21.0 Å². The third-order valence-electron chi connectivity index (χ3n) is 6.97. The zero-order valence-corrected chi connectivity index (χ0v) is 26.4. The van der Waals surface area contributed by atoms with E-state index in [0.29, 0.717) is 18.2 Å². The van der Waals surface area contributed by atoms with Crippen molar-refractivity contribution in [3.63, 3.8) is 0 Å². The number of nitrogens with zero attached hydrogens (tertiary/aromatic N) is 2. The van der Waals surface area contributed by atoms with Crippen LogP contribution in [0.25, 0.3) is 0 Å². The first-order chi connectivity index (χ1) is 16.7. The molecule has 1 aliphatic rings. The smallest absolute Gasteiger partial charge is 0.192 e. The number of nitrogens with one attached hydrogen (secondary N) is 1. The molecule has 9 heteroatoms. The molecule has 1 aliphatic heterocycles. The van der Waals surface area contributed by atoms with Gasteiger partial charge in [0.2, 0.25) is 0 Å². The van der Waals surface area contributed by atoms with Crippen LogP contribution >= 0.6 is 23.4 Å². The highest BCUT2D eigenvalue weighted by molar-refractivity contribution is 7.99. The Bertz CT molecular complexity index is 1030. The molecule has 1 aromatic heterocycles. The molecule has 3 rings (SSSR count). The van der Waals surface area contributed by atoms with Crippen LogP contribution in [0.2, 0.25) is 23.2 Å². The fourth-order valence-electron chi connectivity index (χ4n) is 3.60. The Kier molecular flexibility index (Phi) is 9.91. The van der Waals surface area contributed by atoms with Crippen LogP contribution in [-0.4, -0.2) is 35.7 Å². The quantitative estimate of drug-likeness (QED) is 0.249. The highest BCUT2D eigenvalue weighted by Gasteiger charge is 2.37. The molecule has 1 fully saturated rings. The number of hydrogen-bond acceptors (Lipinski definition) is 6. The maximum Gasteiger partial charge on any atom is 0.192 e. The summed E-state index contributed by atoms with van der Waals surface area (Å²) >= 11 is 7.32. The van der Waals surface area contributed by atoms with E-state index in [1.807, 2.05) is 33.0 Å². The van der Waals surface area contributed by atoms with Gasteiger partial charge in [0.15, 0.2) is 8.32 Å². The molecule has 36 heavy (non-hydrogen) atoms. The minimum absolute atomic E-state index is 0.138. The van der Waals surface area contributed by atoms with Crippen LogP contribution in [0.1, 0.15) is 65.5 Å². The van der Waals surface area contributed by atoms with Gasteiger partial charge in [0.1, 0.15) is 9.77 Å². The zero-order chi connectivity index (χ0) is 26.7. The molecule has 0 saturated carbocycles. The van der Waals surface area contributed by atoms with Gasteiger partial charge in [-0.25, -0.2) is 4.98 Å². The summed E-state index contributed by atoms with van der Waals surface area (Å²) < 4.78 is 22.2. The molecule has 0 radical (unpaired) electrons. The highest BCUT2D eigenvalue weighted by atomic mass is 35.5. The number of pyridine rings is 1. The number of halogens is 1. The predicted molar refractivity (Wildman–Crippen MR) is 158 cm³/mol. The average Bonchev–Trinajstić information content (AvgIpc) is 3.32. The summed E-state index contributed by atoms with van der Waals surface area (Å²) in [7, 11) is -1.90. The molecule has 200 valence electrons. The molecule has 1 N–H and O–H groups in total. The third-order valence-corrected chi connectivity index (χ3v) is 14.6. The van der Waals surface area contributed by atoms with Gasteiger partial charge in [-0.15, -0.1) is 4.72 Å². The van der Waals surface area contributed by atoms with Crippen molar-refractivity contribution in [2.45, 2.75) is 100 Å². The molecule has 5 nitrogen and oxygen atoms in total. The summed E-state index contributed by atoms with van der Waals surface area (Å²) in [5.41, 5.74) is 3.22. The van der Waals surface area contributed by atoms with Gasteiger partial charge in [-0.2, -0.15) is 0 Å². The van der Waals surface area contributed by atoms with E-state index in [9.17, 15) is 4.55 Å². The second-order valence-electron chi connectivity index (χ2n) is 11.9. The van der Waals surface area contributed by atoms with E-state index >= 15 is 0 Å². The summed E-state index contributed by atoms with van der Waals surface area (Å²) in [5, 5.41) is 1.73. The van der Waals surface area contributed by atoms with Crippen molar-refractivity contribution in [1.82, 2.24) is 9.71 Å². The molecule has 0 aliphatic carbocycles. The van der Waals surface area contributed by atoms with Gasteiger partial charge in [-0.05, 0) is 75.5 Å². The third kappa shape index (κ3) is 7.65. The van der Waals surface area contributed by atoms with Crippen LogP contribution in [0.4, 0.5) is 5.69 Å². The predicted octanol–water partition coefficient (Wildman–Crippen LogP) is 7.56. The van der Waals surface area contributed by atoms with E-state index in [0.717, 1.165) is 39.8 Å². The van der Waals surface area contributed by atoms with Crippen molar-refractivity contribution in [2.75, 3.05) is 18.0 Å². The van der Waals surface area contributed by atoms with E-state index in [2.05, 4.69) is 61.7 Å². The van der Waals surface area contributed by atoms with Crippen molar-refractivity contribution in [1.29, 1.82) is 0 Å². The molecule has 0 amide bonds. The number of aromatic nitrogens is 1. The lowest BCUT2D eigenvalue weighted by atomic mass is 10.2. The molecular formula is C27H42ClN3O2S2Si. The first-order valence-corrected chi connectivity index (χ1v) is 17.9. The Labute approximate surface area is 231 Å². The largest absolute Gasteiger partial charge is 0.598 e. The molecule has 1 unspecified atom stereocenters. The number of anilines is 1. The molecule has 1 aromatic carbocycles. The minimum Gasteiger partial charge on any atom is -0.598 e. The minimum atomic E-state index is -1.90. The lowest BCUT2D eigenvalue weighted by Gasteiger charge is -2.36. The summed E-state index contributed by atoms with van der Waals surface area (Å²) in [5.74, 6) is 0. The van der Waals surface area contributed by atoms with E-state index in [1.54, 1.807) is 11.8 Å². The fourth-order valence-corrected chi connectivity index (χ4v) is 6.60. The number of rotatable bonds is 9. The second-order valence-corrected chi connectivity index (χ2v) is 20.2. The maximum atomic E-state index is 12.8. The van der Waals surface area contributed by atoms with E-state index in [1.165, 1.54) is 12.8 Å². The Morgan fingerprint density at radius 1 is 1.14 bits per heavy atom. The van der Waals surface area contributed by atoms with Gasteiger partial charge in [0, 0.05) is 46.8 Å². The Morgan fingerprint density at radius 3 is 2.42 bits per heavy atom. The molecule has 0 spiro atoms. The molecule has 0 bridgehead atoms. The zero-order valence-electron chi connectivity index (χ0n) is 23.0. The molecular weight excluding hydrogens is 526 g/mol. The topological polar surface area (TPSA) is 60.5 Å². The fraction of sp³-hybridized carbons (Fsp3) is 0.593. The van der Waals surface area contributed by atoms with Crippen molar-refractivity contribution in [3.05, 3.63) is 46.6 Å². The molecule has 2 aromatic rings. The van der Waals surface area contributed by atoms with Crippen LogP contribution in [0, 0.1) is 0 Å². The normalized spacial score (nSPS) is 16.0. The van der Waals surface area contributed by atoms with Crippen molar-refractivity contribution < 1.29 is 8.98 Å². The number of hydrogen-bond donors (Lipinski definition) is 1. The van der Waals surface area contributed by atoms with Crippen molar-refractivity contribution in [3.8, 4) is 0 Å². The Hall–Kier alpha value is -0.743. The highest BCUT2D eigenvalue weighted by Crippen LogP contribution is 2.41. The summed E-state index contributed by atoms with van der Waals surface area (Å²) in [6.07, 6.45) is 4.21. The van der Waals surface area contributed by atoms with Crippen LogP contribution in [0.15, 0.2) is 40.4 Å². The van der Waals surface area contributed by atoms with Gasteiger partial charge < -0.3 is 13.9 Å². The lowest BCUT2D eigenvalue weighted by molar-refractivity contribution is 0.273. The maximum absolute atomic E-state index is 12.8. The van der Waals surface area contributed by atoms with Gasteiger partial charge in [-0.1, -0.05) is 50.2 Å². The van der Waals surface area contributed by atoms with E-state index < -0.39 is 19.7 Å².